The first-order valence-electron chi connectivity index (χ1n) is 6.42. The van der Waals surface area contributed by atoms with Gasteiger partial charge in [-0.2, -0.15) is 0 Å². The maximum atomic E-state index is 11.9. The molecule has 0 N–H and O–H groups in total. The fourth-order valence-electron chi connectivity index (χ4n) is 1.82. The van der Waals surface area contributed by atoms with Crippen molar-refractivity contribution in [2.45, 2.75) is 33.1 Å². The molecule has 0 unspecified atom stereocenters. The fourth-order valence-corrected chi connectivity index (χ4v) is 1.82. The first kappa shape index (κ1) is 15.2. The van der Waals surface area contributed by atoms with Gasteiger partial charge in [0.2, 0.25) is 0 Å². The number of carbonyl (C=O) groups excluding carboxylic acids is 2. The Morgan fingerprint density at radius 3 is 2.53 bits per heavy atom. The molecule has 4 heteroatoms. The average molecular weight is 264 g/mol. The highest BCUT2D eigenvalue weighted by Crippen LogP contribution is 2.19. The van der Waals surface area contributed by atoms with Gasteiger partial charge in [-0.05, 0) is 44.0 Å². The minimum Gasteiger partial charge on any atom is -0.496 e. The van der Waals surface area contributed by atoms with Crippen LogP contribution in [-0.2, 0) is 9.53 Å². The third-order valence-electron chi connectivity index (χ3n) is 2.81. The zero-order valence-electron chi connectivity index (χ0n) is 11.7. The number of methoxy groups -OCH3 is 1. The monoisotopic (exact) mass is 264 g/mol. The Balaban J connectivity index is 2.50. The van der Waals surface area contributed by atoms with Crippen LogP contribution in [0.2, 0.25) is 0 Å². The van der Waals surface area contributed by atoms with Crippen LogP contribution < -0.4 is 4.74 Å². The van der Waals surface area contributed by atoms with Gasteiger partial charge in [-0.15, -0.1) is 0 Å². The van der Waals surface area contributed by atoms with E-state index in [1.807, 2.05) is 13.0 Å². The minimum absolute atomic E-state index is 0.0371. The SMILES string of the molecule is CCOC(=O)CCCC(=O)c1ccc(OC)c(C)c1. The number of esters is 1. The summed E-state index contributed by atoms with van der Waals surface area (Å²) in [5, 5.41) is 0. The summed E-state index contributed by atoms with van der Waals surface area (Å²) in [7, 11) is 1.60. The highest BCUT2D eigenvalue weighted by atomic mass is 16.5. The van der Waals surface area contributed by atoms with Crippen molar-refractivity contribution >= 4 is 11.8 Å². The largest absolute Gasteiger partial charge is 0.496 e. The van der Waals surface area contributed by atoms with Crippen LogP contribution in [0.4, 0.5) is 0 Å². The van der Waals surface area contributed by atoms with Crippen LogP contribution in [0.15, 0.2) is 18.2 Å². The number of Topliss-reactive ketones (excluding diaryl/α,β-unsaturated/α-hetero) is 1. The highest BCUT2D eigenvalue weighted by Gasteiger charge is 2.09. The average Bonchev–Trinajstić information content (AvgIpc) is 2.38. The van der Waals surface area contributed by atoms with Crippen LogP contribution in [0.25, 0.3) is 0 Å². The molecule has 1 aromatic carbocycles. The van der Waals surface area contributed by atoms with E-state index in [1.165, 1.54) is 0 Å². The van der Waals surface area contributed by atoms with Crippen molar-refractivity contribution in [3.63, 3.8) is 0 Å². The van der Waals surface area contributed by atoms with Crippen LogP contribution >= 0.6 is 0 Å². The third-order valence-corrected chi connectivity index (χ3v) is 2.81. The van der Waals surface area contributed by atoms with E-state index in [9.17, 15) is 9.59 Å². The molecule has 0 saturated carbocycles. The summed E-state index contributed by atoms with van der Waals surface area (Å²) in [4.78, 5) is 23.1. The summed E-state index contributed by atoms with van der Waals surface area (Å²) in [6.45, 7) is 4.04. The zero-order chi connectivity index (χ0) is 14.3. The number of carbonyl (C=O) groups is 2. The van der Waals surface area contributed by atoms with Crippen molar-refractivity contribution in [1.82, 2.24) is 0 Å². The first-order valence-corrected chi connectivity index (χ1v) is 6.42. The normalized spacial score (nSPS) is 10.1. The molecule has 1 aromatic rings. The lowest BCUT2D eigenvalue weighted by Gasteiger charge is -2.07. The van der Waals surface area contributed by atoms with Gasteiger partial charge in [-0.1, -0.05) is 0 Å². The van der Waals surface area contributed by atoms with Crippen LogP contribution in [0.3, 0.4) is 0 Å². The lowest BCUT2D eigenvalue weighted by Crippen LogP contribution is -2.06. The molecule has 0 aliphatic rings. The van der Waals surface area contributed by atoms with Crippen LogP contribution in [0.1, 0.15) is 42.1 Å². The smallest absolute Gasteiger partial charge is 0.305 e. The molecule has 0 saturated heterocycles. The summed E-state index contributed by atoms with van der Waals surface area (Å²) in [6, 6.07) is 5.35. The highest BCUT2D eigenvalue weighted by molar-refractivity contribution is 5.96. The summed E-state index contributed by atoms with van der Waals surface area (Å²) < 4.78 is 9.96. The van der Waals surface area contributed by atoms with E-state index in [1.54, 1.807) is 26.2 Å². The molecule has 104 valence electrons. The number of aryl methyl sites for hydroxylation is 1. The number of benzene rings is 1. The Bertz CT molecular complexity index is 451. The van der Waals surface area contributed by atoms with Crippen molar-refractivity contribution in [3.8, 4) is 5.75 Å². The maximum absolute atomic E-state index is 11.9. The van der Waals surface area contributed by atoms with Crippen LogP contribution in [0, 0.1) is 6.92 Å². The molecule has 1 rings (SSSR count). The Hall–Kier alpha value is -1.84. The van der Waals surface area contributed by atoms with Gasteiger partial charge in [-0.25, -0.2) is 0 Å². The van der Waals surface area contributed by atoms with Crippen molar-refractivity contribution in [3.05, 3.63) is 29.3 Å². The van der Waals surface area contributed by atoms with Gasteiger partial charge in [0.25, 0.3) is 0 Å². The van der Waals surface area contributed by atoms with Gasteiger partial charge in [0, 0.05) is 18.4 Å². The quantitative estimate of drug-likeness (QED) is 0.561. The second-order valence-electron chi connectivity index (χ2n) is 4.27. The summed E-state index contributed by atoms with van der Waals surface area (Å²) >= 11 is 0. The number of ether oxygens (including phenoxy) is 2. The standard InChI is InChI=1S/C15H20O4/c1-4-19-15(17)7-5-6-13(16)12-8-9-14(18-3)11(2)10-12/h8-10H,4-7H2,1-3H3. The van der Waals surface area contributed by atoms with Crippen molar-refractivity contribution in [2.75, 3.05) is 13.7 Å². The van der Waals surface area contributed by atoms with E-state index in [-0.39, 0.29) is 18.2 Å². The van der Waals surface area contributed by atoms with Gasteiger partial charge in [-0.3, -0.25) is 9.59 Å². The van der Waals surface area contributed by atoms with Crippen molar-refractivity contribution in [1.29, 1.82) is 0 Å². The predicted octanol–water partition coefficient (Wildman–Crippen LogP) is 2.92. The summed E-state index contributed by atoms with van der Waals surface area (Å²) in [5.41, 5.74) is 1.58. The van der Waals surface area contributed by atoms with E-state index in [2.05, 4.69) is 0 Å². The number of hydrogen-bond donors (Lipinski definition) is 0. The first-order chi connectivity index (χ1) is 9.08. The summed E-state index contributed by atoms with van der Waals surface area (Å²) in [5.74, 6) is 0.555. The molecule has 0 amide bonds. The lowest BCUT2D eigenvalue weighted by atomic mass is 10.0. The molecule has 0 heterocycles. The lowest BCUT2D eigenvalue weighted by molar-refractivity contribution is -0.143. The van der Waals surface area contributed by atoms with Crippen molar-refractivity contribution < 1.29 is 19.1 Å². The van der Waals surface area contributed by atoms with E-state index in [0.29, 0.717) is 25.0 Å². The zero-order valence-corrected chi connectivity index (χ0v) is 11.7. The molecule has 0 aliphatic carbocycles. The fraction of sp³-hybridized carbons (Fsp3) is 0.467. The molecular formula is C15H20O4. The molecule has 0 fully saturated rings. The van der Waals surface area contributed by atoms with Gasteiger partial charge in [0.05, 0.1) is 13.7 Å². The van der Waals surface area contributed by atoms with Crippen molar-refractivity contribution in [2.24, 2.45) is 0 Å². The number of hydrogen-bond acceptors (Lipinski definition) is 4. The minimum atomic E-state index is -0.249. The molecule has 0 atom stereocenters. The van der Waals surface area contributed by atoms with Gasteiger partial charge < -0.3 is 9.47 Å². The molecule has 19 heavy (non-hydrogen) atoms. The molecule has 0 aromatic heterocycles. The second-order valence-corrected chi connectivity index (χ2v) is 4.27. The van der Waals surface area contributed by atoms with Crippen LogP contribution in [0.5, 0.6) is 5.75 Å². The Morgan fingerprint density at radius 1 is 1.21 bits per heavy atom. The number of rotatable bonds is 7. The molecule has 0 bridgehead atoms. The molecule has 0 radical (unpaired) electrons. The third kappa shape index (κ3) is 4.73. The Morgan fingerprint density at radius 2 is 1.95 bits per heavy atom. The topological polar surface area (TPSA) is 52.6 Å². The van der Waals surface area contributed by atoms with Gasteiger partial charge >= 0.3 is 5.97 Å². The van der Waals surface area contributed by atoms with Crippen LogP contribution in [-0.4, -0.2) is 25.5 Å². The molecule has 0 spiro atoms. The van der Waals surface area contributed by atoms with Gasteiger partial charge in [0.1, 0.15) is 5.75 Å². The van der Waals surface area contributed by atoms with Gasteiger partial charge in [0.15, 0.2) is 5.78 Å². The predicted molar refractivity (Wildman–Crippen MR) is 72.5 cm³/mol. The Labute approximate surface area is 113 Å². The summed E-state index contributed by atoms with van der Waals surface area (Å²) in [6.07, 6.45) is 1.15. The second kappa shape index (κ2) is 7.56. The van der Waals surface area contributed by atoms with E-state index in [4.69, 9.17) is 9.47 Å². The molecular weight excluding hydrogens is 244 g/mol. The Kier molecular flexibility index (Phi) is 6.06. The van der Waals surface area contributed by atoms with E-state index >= 15 is 0 Å². The molecule has 4 nitrogen and oxygen atoms in total. The van der Waals surface area contributed by atoms with E-state index < -0.39 is 0 Å². The number of ketones is 1. The maximum Gasteiger partial charge on any atom is 0.305 e. The van der Waals surface area contributed by atoms with E-state index in [0.717, 1.165) is 11.3 Å². The molecule has 0 aliphatic heterocycles.